The molecule has 4 aromatic rings. The van der Waals surface area contributed by atoms with Gasteiger partial charge in [0, 0.05) is 42.5 Å². The number of nitrogens with two attached hydrogens (primary N) is 1. The van der Waals surface area contributed by atoms with Crippen LogP contribution in [0.4, 0.5) is 11.6 Å². The van der Waals surface area contributed by atoms with Crippen molar-refractivity contribution in [1.82, 2.24) is 24.7 Å². The number of hydrogen-bond acceptors (Lipinski definition) is 8. The zero-order chi connectivity index (χ0) is 26.6. The van der Waals surface area contributed by atoms with Gasteiger partial charge in [0.15, 0.2) is 0 Å². The van der Waals surface area contributed by atoms with E-state index in [4.69, 9.17) is 10.5 Å². The van der Waals surface area contributed by atoms with E-state index in [-0.39, 0.29) is 23.8 Å². The summed E-state index contributed by atoms with van der Waals surface area (Å²) < 4.78 is 7.55. The van der Waals surface area contributed by atoms with Crippen LogP contribution in [0.15, 0.2) is 48.0 Å². The van der Waals surface area contributed by atoms with Crippen LogP contribution in [0.25, 0.3) is 22.0 Å². The Hall–Kier alpha value is -4.34. The van der Waals surface area contributed by atoms with Crippen LogP contribution in [0, 0.1) is 18.8 Å². The van der Waals surface area contributed by atoms with E-state index in [1.807, 2.05) is 44.6 Å². The minimum atomic E-state index is -0.0775. The van der Waals surface area contributed by atoms with Gasteiger partial charge >= 0.3 is 0 Å². The molecule has 0 unspecified atom stereocenters. The third-order valence-corrected chi connectivity index (χ3v) is 7.33. The first kappa shape index (κ1) is 24.0. The number of nitrogen functional groups attached to an aromatic ring is 1. The van der Waals surface area contributed by atoms with Crippen molar-refractivity contribution in [3.63, 3.8) is 0 Å². The molecule has 0 aromatic carbocycles. The molecule has 0 bridgehead atoms. The lowest BCUT2D eigenvalue weighted by molar-refractivity contribution is -0.117. The number of pyridine rings is 3. The number of carbonyl (C=O) groups excluding carboxylic acids is 1. The number of nitrogens with zero attached hydrogens (tertiary/aromatic N) is 6. The van der Waals surface area contributed by atoms with Crippen molar-refractivity contribution in [1.29, 1.82) is 0 Å². The lowest BCUT2D eigenvalue weighted by Crippen LogP contribution is -2.15. The van der Waals surface area contributed by atoms with E-state index in [0.717, 1.165) is 33.9 Å². The Morgan fingerprint density at radius 1 is 1.16 bits per heavy atom. The van der Waals surface area contributed by atoms with E-state index in [0.29, 0.717) is 41.4 Å². The second kappa shape index (κ2) is 9.20. The second-order valence-electron chi connectivity index (χ2n) is 10.5. The molecule has 38 heavy (non-hydrogen) atoms. The van der Waals surface area contributed by atoms with Crippen molar-refractivity contribution < 1.29 is 9.53 Å². The number of aryl methyl sites for hydroxylation is 2. The Balaban J connectivity index is 1.23. The standard InChI is InChI=1S/C28H30N8O2/c1-14(2)24-13-38-28(34-24)23-5-15(3)20(10-30-23)22-6-16-7-25(31-11-21(16)26(29)33-22)35-27(37)19-8-18(19)17-9-32-36(4)12-17/h5-7,9-12,14,18-19,24H,8,13H2,1-4H3,(H2,29,33)(H,31,35,37)/t18-,19+,24+/m0/s1. The number of carbonyl (C=O) groups is 1. The summed E-state index contributed by atoms with van der Waals surface area (Å²) in [6.07, 6.45) is 8.02. The largest absolute Gasteiger partial charge is 0.474 e. The van der Waals surface area contributed by atoms with Crippen molar-refractivity contribution in [2.75, 3.05) is 17.7 Å². The van der Waals surface area contributed by atoms with Crippen molar-refractivity contribution in [3.05, 3.63) is 59.8 Å². The fraction of sp³-hybridized carbons (Fsp3) is 0.357. The van der Waals surface area contributed by atoms with Gasteiger partial charge in [-0.3, -0.25) is 14.5 Å². The van der Waals surface area contributed by atoms with Gasteiger partial charge in [0.05, 0.1) is 17.9 Å². The molecule has 10 heteroatoms. The van der Waals surface area contributed by atoms with Crippen molar-refractivity contribution in [2.24, 2.45) is 23.9 Å². The molecule has 1 aliphatic heterocycles. The summed E-state index contributed by atoms with van der Waals surface area (Å²) in [7, 11) is 1.88. The molecule has 1 fully saturated rings. The van der Waals surface area contributed by atoms with Gasteiger partial charge in [0.2, 0.25) is 11.8 Å². The SMILES string of the molecule is Cc1cc(C2=N[C@@H](C(C)C)CO2)ncc1-c1cc2cc(NC(=O)[C@@H]3C[C@H]3c3cnn(C)c3)ncc2c(N)n1. The fourth-order valence-electron chi connectivity index (χ4n) is 4.90. The molecule has 0 saturated heterocycles. The Kier molecular flexibility index (Phi) is 5.81. The molecule has 10 nitrogen and oxygen atoms in total. The maximum atomic E-state index is 12.9. The maximum Gasteiger partial charge on any atom is 0.235 e. The Morgan fingerprint density at radius 2 is 2.00 bits per heavy atom. The normalized spacial score (nSPS) is 20.4. The predicted molar refractivity (Wildman–Crippen MR) is 146 cm³/mol. The van der Waals surface area contributed by atoms with Crippen molar-refractivity contribution in [2.45, 2.75) is 39.2 Å². The smallest absolute Gasteiger partial charge is 0.235 e. The number of rotatable bonds is 6. The molecule has 194 valence electrons. The number of ether oxygens (including phenoxy) is 1. The number of hydrogen-bond donors (Lipinski definition) is 2. The van der Waals surface area contributed by atoms with Gasteiger partial charge in [-0.15, -0.1) is 0 Å². The zero-order valence-electron chi connectivity index (χ0n) is 21.8. The Labute approximate surface area is 220 Å². The fourth-order valence-corrected chi connectivity index (χ4v) is 4.90. The number of aliphatic imine (C=N–C) groups is 1. The maximum absolute atomic E-state index is 12.9. The van der Waals surface area contributed by atoms with Crippen molar-refractivity contribution >= 4 is 34.2 Å². The molecule has 4 aromatic heterocycles. The third-order valence-electron chi connectivity index (χ3n) is 7.33. The number of aromatic nitrogens is 5. The molecular weight excluding hydrogens is 480 g/mol. The van der Waals surface area contributed by atoms with Gasteiger partial charge in [-0.2, -0.15) is 5.10 Å². The summed E-state index contributed by atoms with van der Waals surface area (Å²) in [5, 5.41) is 8.74. The third kappa shape index (κ3) is 4.46. The van der Waals surface area contributed by atoms with Crippen LogP contribution in [-0.4, -0.2) is 49.2 Å². The van der Waals surface area contributed by atoms with E-state index >= 15 is 0 Å². The molecular formula is C28H30N8O2. The van der Waals surface area contributed by atoms with Crippen molar-refractivity contribution in [3.8, 4) is 11.3 Å². The lowest BCUT2D eigenvalue weighted by atomic mass is 10.0. The van der Waals surface area contributed by atoms with Crippen LogP contribution in [0.5, 0.6) is 0 Å². The van der Waals surface area contributed by atoms with E-state index in [2.05, 4.69) is 44.2 Å². The second-order valence-corrected chi connectivity index (χ2v) is 10.5. The summed E-state index contributed by atoms with van der Waals surface area (Å²) in [6, 6.07) is 5.89. The van der Waals surface area contributed by atoms with E-state index < -0.39 is 0 Å². The molecule has 0 radical (unpaired) electrons. The van der Waals surface area contributed by atoms with Crippen LogP contribution in [0.2, 0.25) is 0 Å². The van der Waals surface area contributed by atoms with Crippen LogP contribution in [-0.2, 0) is 16.6 Å². The molecule has 3 atom stereocenters. The zero-order valence-corrected chi connectivity index (χ0v) is 21.8. The monoisotopic (exact) mass is 510 g/mol. The molecule has 0 spiro atoms. The number of nitrogens with one attached hydrogen (secondary N) is 1. The van der Waals surface area contributed by atoms with Gasteiger partial charge in [-0.1, -0.05) is 13.8 Å². The van der Waals surface area contributed by atoms with Gasteiger partial charge in [0.1, 0.15) is 23.9 Å². The highest BCUT2D eigenvalue weighted by atomic mass is 16.5. The first-order chi connectivity index (χ1) is 18.3. The molecule has 5 heterocycles. The minimum absolute atomic E-state index is 0.0414. The summed E-state index contributed by atoms with van der Waals surface area (Å²) in [5.74, 6) is 1.93. The summed E-state index contributed by atoms with van der Waals surface area (Å²) >= 11 is 0. The minimum Gasteiger partial charge on any atom is -0.474 e. The molecule has 1 saturated carbocycles. The lowest BCUT2D eigenvalue weighted by Gasteiger charge is -2.11. The highest BCUT2D eigenvalue weighted by molar-refractivity contribution is 5.99. The summed E-state index contributed by atoms with van der Waals surface area (Å²) in [6.45, 7) is 6.85. The average Bonchev–Trinajstić information content (AvgIpc) is 3.30. The average molecular weight is 511 g/mol. The molecule has 3 N–H and O–H groups in total. The first-order valence-electron chi connectivity index (χ1n) is 12.8. The topological polar surface area (TPSA) is 133 Å². The van der Waals surface area contributed by atoms with Gasteiger partial charge in [-0.05, 0) is 59.9 Å². The first-order valence-corrected chi connectivity index (χ1v) is 12.8. The highest BCUT2D eigenvalue weighted by Gasteiger charge is 2.44. The Morgan fingerprint density at radius 3 is 2.71 bits per heavy atom. The van der Waals surface area contributed by atoms with E-state index in [9.17, 15) is 4.79 Å². The van der Waals surface area contributed by atoms with E-state index in [1.54, 1.807) is 17.1 Å². The van der Waals surface area contributed by atoms with Gasteiger partial charge in [0.25, 0.3) is 0 Å². The number of anilines is 2. The highest BCUT2D eigenvalue weighted by Crippen LogP contribution is 2.47. The van der Waals surface area contributed by atoms with Crippen LogP contribution >= 0.6 is 0 Å². The summed E-state index contributed by atoms with van der Waals surface area (Å²) in [5.41, 5.74) is 10.6. The van der Waals surface area contributed by atoms with Crippen LogP contribution in [0.1, 0.15) is 43.0 Å². The Bertz CT molecular complexity index is 1590. The van der Waals surface area contributed by atoms with E-state index in [1.165, 1.54) is 0 Å². The predicted octanol–water partition coefficient (Wildman–Crippen LogP) is 3.86. The number of amides is 1. The molecule has 6 rings (SSSR count). The van der Waals surface area contributed by atoms with Crippen LogP contribution < -0.4 is 11.1 Å². The molecule has 2 aliphatic rings. The van der Waals surface area contributed by atoms with Gasteiger partial charge in [-0.25, -0.2) is 15.0 Å². The summed E-state index contributed by atoms with van der Waals surface area (Å²) in [4.78, 5) is 31.2. The number of fused-ring (bicyclic) bond motifs is 1. The van der Waals surface area contributed by atoms with Crippen LogP contribution in [0.3, 0.4) is 0 Å². The molecule has 1 amide bonds. The quantitative estimate of drug-likeness (QED) is 0.402. The van der Waals surface area contributed by atoms with Gasteiger partial charge < -0.3 is 15.8 Å². The molecule has 1 aliphatic carbocycles.